The number of phenolic OH excluding ortho intramolecular Hbond substituents is 1. The first-order valence-electron chi connectivity index (χ1n) is 6.44. The number of hydrogen-bond acceptors (Lipinski definition) is 3. The molecule has 1 aromatic carbocycles. The highest BCUT2D eigenvalue weighted by Crippen LogP contribution is 2.26. The van der Waals surface area contributed by atoms with Crippen molar-refractivity contribution in [1.82, 2.24) is 4.90 Å². The highest BCUT2D eigenvalue weighted by molar-refractivity contribution is 9.10. The predicted molar refractivity (Wildman–Crippen MR) is 76.3 cm³/mol. The lowest BCUT2D eigenvalue weighted by Gasteiger charge is -2.38. The van der Waals surface area contributed by atoms with E-state index in [9.17, 15) is 9.90 Å². The summed E-state index contributed by atoms with van der Waals surface area (Å²) in [7, 11) is 0. The zero-order valence-corrected chi connectivity index (χ0v) is 12.7. The van der Waals surface area contributed by atoms with Gasteiger partial charge >= 0.3 is 0 Å². The molecule has 0 aliphatic carbocycles. The summed E-state index contributed by atoms with van der Waals surface area (Å²) in [6.45, 7) is 5.18. The van der Waals surface area contributed by atoms with Crippen molar-refractivity contribution in [3.63, 3.8) is 0 Å². The van der Waals surface area contributed by atoms with Crippen LogP contribution in [-0.4, -0.2) is 41.2 Å². The molecule has 1 saturated heterocycles. The first-order chi connectivity index (χ1) is 9.02. The third-order valence-corrected chi connectivity index (χ3v) is 4.06. The molecule has 1 amide bonds. The first kappa shape index (κ1) is 14.3. The largest absolute Gasteiger partial charge is 0.507 e. The monoisotopic (exact) mass is 327 g/mol. The lowest BCUT2D eigenvalue weighted by Crippen LogP contribution is -2.51. The van der Waals surface area contributed by atoms with Gasteiger partial charge in [0.1, 0.15) is 5.75 Å². The molecule has 1 aliphatic heterocycles. The van der Waals surface area contributed by atoms with Crippen molar-refractivity contribution in [2.45, 2.75) is 32.4 Å². The molecule has 1 N–H and O–H groups in total. The van der Waals surface area contributed by atoms with Crippen LogP contribution in [0.15, 0.2) is 22.7 Å². The average molecular weight is 328 g/mol. The van der Waals surface area contributed by atoms with Gasteiger partial charge in [-0.2, -0.15) is 0 Å². The topological polar surface area (TPSA) is 49.8 Å². The minimum Gasteiger partial charge on any atom is -0.507 e. The molecule has 0 spiro atoms. The summed E-state index contributed by atoms with van der Waals surface area (Å²) in [6.07, 6.45) is 0.914. The highest BCUT2D eigenvalue weighted by atomic mass is 79.9. The van der Waals surface area contributed by atoms with Gasteiger partial charge in [0, 0.05) is 12.1 Å². The van der Waals surface area contributed by atoms with Gasteiger partial charge in [-0.1, -0.05) is 6.92 Å². The number of nitrogens with zero attached hydrogens (tertiary/aromatic N) is 1. The zero-order chi connectivity index (χ0) is 14.0. The molecule has 104 valence electrons. The Labute approximate surface area is 121 Å². The van der Waals surface area contributed by atoms with Crippen molar-refractivity contribution < 1.29 is 14.6 Å². The molecule has 0 saturated carbocycles. The van der Waals surface area contributed by atoms with Crippen molar-refractivity contribution in [2.24, 2.45) is 0 Å². The number of ether oxygens (including phenoxy) is 1. The van der Waals surface area contributed by atoms with E-state index in [0.717, 1.165) is 6.42 Å². The van der Waals surface area contributed by atoms with Gasteiger partial charge in [0.05, 0.1) is 23.2 Å². The van der Waals surface area contributed by atoms with Crippen molar-refractivity contribution in [1.29, 1.82) is 0 Å². The van der Waals surface area contributed by atoms with Gasteiger partial charge < -0.3 is 14.7 Å². The minimum atomic E-state index is -0.0511. The van der Waals surface area contributed by atoms with Gasteiger partial charge in [-0.3, -0.25) is 4.79 Å². The smallest absolute Gasteiger partial charge is 0.254 e. The van der Waals surface area contributed by atoms with Gasteiger partial charge in [-0.05, 0) is 47.5 Å². The van der Waals surface area contributed by atoms with E-state index in [2.05, 4.69) is 15.9 Å². The molecule has 1 fully saturated rings. The van der Waals surface area contributed by atoms with E-state index in [0.29, 0.717) is 23.2 Å². The van der Waals surface area contributed by atoms with E-state index in [1.54, 1.807) is 12.1 Å². The molecule has 2 atom stereocenters. The molecule has 0 radical (unpaired) electrons. The molecule has 4 nitrogen and oxygen atoms in total. The van der Waals surface area contributed by atoms with Gasteiger partial charge in [-0.25, -0.2) is 0 Å². The second-order valence-electron chi connectivity index (χ2n) is 4.83. The van der Waals surface area contributed by atoms with Crippen LogP contribution in [0.25, 0.3) is 0 Å². The fraction of sp³-hybridized carbons (Fsp3) is 0.500. The Bertz CT molecular complexity index is 478. The third kappa shape index (κ3) is 3.09. The summed E-state index contributed by atoms with van der Waals surface area (Å²) in [5.74, 6) is 0.0324. The summed E-state index contributed by atoms with van der Waals surface area (Å²) in [5, 5.41) is 9.68. The number of phenols is 1. The molecule has 1 heterocycles. The molecule has 19 heavy (non-hydrogen) atoms. The lowest BCUT2D eigenvalue weighted by atomic mass is 10.1. The van der Waals surface area contributed by atoms with Crippen LogP contribution in [-0.2, 0) is 4.74 Å². The summed E-state index contributed by atoms with van der Waals surface area (Å²) in [4.78, 5) is 14.4. The number of carbonyl (C=O) groups excluding carboxylic acids is 1. The standard InChI is InChI=1S/C14H18BrNO3/c1-3-11-8-19-9(2)7-16(11)14(18)10-4-5-12(15)13(17)6-10/h4-6,9,11,17H,3,7-8H2,1-2H3. The Balaban J connectivity index is 2.23. The second kappa shape index (κ2) is 5.92. The molecule has 2 unspecified atom stereocenters. The number of benzene rings is 1. The maximum absolute atomic E-state index is 12.5. The maximum Gasteiger partial charge on any atom is 0.254 e. The van der Waals surface area contributed by atoms with Crippen LogP contribution in [0.3, 0.4) is 0 Å². The predicted octanol–water partition coefficient (Wildman–Crippen LogP) is 2.79. The van der Waals surface area contributed by atoms with E-state index < -0.39 is 0 Å². The Hall–Kier alpha value is -1.07. The number of rotatable bonds is 2. The summed E-state index contributed by atoms with van der Waals surface area (Å²) >= 11 is 3.21. The first-order valence-corrected chi connectivity index (χ1v) is 7.23. The quantitative estimate of drug-likeness (QED) is 0.908. The van der Waals surface area contributed by atoms with Crippen molar-refractivity contribution >= 4 is 21.8 Å². The number of aromatic hydroxyl groups is 1. The molecule has 0 aromatic heterocycles. The minimum absolute atomic E-state index is 0.0511. The Kier molecular flexibility index (Phi) is 4.47. The molecule has 1 aliphatic rings. The number of carbonyl (C=O) groups is 1. The van der Waals surface area contributed by atoms with Gasteiger partial charge in [0.25, 0.3) is 5.91 Å². The van der Waals surface area contributed by atoms with Crippen molar-refractivity contribution in [2.75, 3.05) is 13.2 Å². The van der Waals surface area contributed by atoms with Crippen LogP contribution >= 0.6 is 15.9 Å². The van der Waals surface area contributed by atoms with Crippen molar-refractivity contribution in [3.8, 4) is 5.75 Å². The van der Waals surface area contributed by atoms with Crippen LogP contribution in [0.1, 0.15) is 30.6 Å². The van der Waals surface area contributed by atoms with Gasteiger partial charge in [0.2, 0.25) is 0 Å². The van der Waals surface area contributed by atoms with Crippen molar-refractivity contribution in [3.05, 3.63) is 28.2 Å². The SMILES string of the molecule is CCC1COC(C)CN1C(=O)c1ccc(Br)c(O)c1. The number of hydrogen-bond donors (Lipinski definition) is 1. The fourth-order valence-corrected chi connectivity index (χ4v) is 2.49. The van der Waals surface area contributed by atoms with Crippen LogP contribution in [0.4, 0.5) is 0 Å². The number of halogens is 1. The molecular weight excluding hydrogens is 310 g/mol. The summed E-state index contributed by atoms with van der Waals surface area (Å²) < 4.78 is 6.18. The number of morpholine rings is 1. The zero-order valence-electron chi connectivity index (χ0n) is 11.1. The molecule has 0 bridgehead atoms. The molecule has 1 aromatic rings. The fourth-order valence-electron chi connectivity index (χ4n) is 2.24. The highest BCUT2D eigenvalue weighted by Gasteiger charge is 2.30. The summed E-state index contributed by atoms with van der Waals surface area (Å²) in [6, 6.07) is 5.01. The normalized spacial score (nSPS) is 23.4. The second-order valence-corrected chi connectivity index (χ2v) is 5.68. The molecule has 2 rings (SSSR count). The Morgan fingerprint density at radius 2 is 2.32 bits per heavy atom. The van der Waals surface area contributed by atoms with E-state index in [4.69, 9.17) is 4.74 Å². The molecular formula is C14H18BrNO3. The van der Waals surface area contributed by atoms with Gasteiger partial charge in [0.15, 0.2) is 0 Å². The third-order valence-electron chi connectivity index (χ3n) is 3.39. The Morgan fingerprint density at radius 3 is 2.95 bits per heavy atom. The maximum atomic E-state index is 12.5. The van der Waals surface area contributed by atoms with E-state index >= 15 is 0 Å². The van der Waals surface area contributed by atoms with Crippen LogP contribution < -0.4 is 0 Å². The van der Waals surface area contributed by atoms with Crippen LogP contribution in [0, 0.1) is 0 Å². The van der Waals surface area contributed by atoms with Gasteiger partial charge in [-0.15, -0.1) is 0 Å². The lowest BCUT2D eigenvalue weighted by molar-refractivity contribution is -0.0444. The summed E-state index contributed by atoms with van der Waals surface area (Å²) in [5.41, 5.74) is 0.508. The molecule has 5 heteroatoms. The Morgan fingerprint density at radius 1 is 1.58 bits per heavy atom. The van der Waals surface area contributed by atoms with Crippen LogP contribution in [0.2, 0.25) is 0 Å². The number of amides is 1. The average Bonchev–Trinajstić information content (AvgIpc) is 2.41. The van der Waals surface area contributed by atoms with E-state index in [-0.39, 0.29) is 23.8 Å². The van der Waals surface area contributed by atoms with Crippen LogP contribution in [0.5, 0.6) is 5.75 Å². The van der Waals surface area contributed by atoms with E-state index in [1.165, 1.54) is 6.07 Å². The van der Waals surface area contributed by atoms with E-state index in [1.807, 2.05) is 18.7 Å².